The van der Waals surface area contributed by atoms with Gasteiger partial charge in [0.25, 0.3) is 5.69 Å². The van der Waals surface area contributed by atoms with E-state index in [4.69, 9.17) is 0 Å². The van der Waals surface area contributed by atoms with Crippen molar-refractivity contribution in [3.8, 4) is 11.5 Å². The SMILES string of the molecule is Cc1ccc(O)c(C(=O)Cc2ccc(O)cc2)c1[N+](=O)[O-]. The third-order valence-electron chi connectivity index (χ3n) is 3.12. The Bertz CT molecular complexity index is 707. The molecule has 2 N–H and O–H groups in total. The highest BCUT2D eigenvalue weighted by Gasteiger charge is 2.26. The molecule has 108 valence electrons. The van der Waals surface area contributed by atoms with E-state index in [0.29, 0.717) is 11.1 Å². The number of hydrogen-bond acceptors (Lipinski definition) is 5. The Morgan fingerprint density at radius 3 is 2.33 bits per heavy atom. The Labute approximate surface area is 120 Å². The molecule has 2 aromatic carbocycles. The number of aromatic hydroxyl groups is 2. The maximum atomic E-state index is 12.3. The topological polar surface area (TPSA) is 101 Å². The van der Waals surface area contributed by atoms with E-state index in [1.165, 1.54) is 31.2 Å². The second kappa shape index (κ2) is 5.62. The lowest BCUT2D eigenvalue weighted by molar-refractivity contribution is -0.385. The average molecular weight is 287 g/mol. The van der Waals surface area contributed by atoms with Crippen LogP contribution in [0.15, 0.2) is 36.4 Å². The Hall–Kier alpha value is -2.89. The monoisotopic (exact) mass is 287 g/mol. The minimum atomic E-state index is -0.668. The lowest BCUT2D eigenvalue weighted by atomic mass is 9.98. The molecule has 2 rings (SSSR count). The number of carbonyl (C=O) groups excluding carboxylic acids is 1. The summed E-state index contributed by atoms with van der Waals surface area (Å²) in [5, 5.41) is 30.1. The van der Waals surface area contributed by atoms with Crippen molar-refractivity contribution in [1.29, 1.82) is 0 Å². The molecule has 21 heavy (non-hydrogen) atoms. The molecule has 0 heterocycles. The number of aryl methyl sites for hydroxylation is 1. The van der Waals surface area contributed by atoms with Crippen molar-refractivity contribution in [2.24, 2.45) is 0 Å². The number of nitro benzene ring substituents is 1. The predicted molar refractivity (Wildman–Crippen MR) is 75.6 cm³/mol. The van der Waals surface area contributed by atoms with Crippen molar-refractivity contribution in [1.82, 2.24) is 0 Å². The Kier molecular flexibility index (Phi) is 3.89. The molecule has 0 saturated carbocycles. The van der Waals surface area contributed by atoms with Gasteiger partial charge in [0.15, 0.2) is 5.78 Å². The molecule has 6 nitrogen and oxygen atoms in total. The van der Waals surface area contributed by atoms with Gasteiger partial charge in [-0.05, 0) is 36.8 Å². The Balaban J connectivity index is 2.41. The molecular weight excluding hydrogens is 274 g/mol. The van der Waals surface area contributed by atoms with Crippen molar-refractivity contribution in [2.75, 3.05) is 0 Å². The molecule has 0 saturated heterocycles. The first-order valence-corrected chi connectivity index (χ1v) is 6.18. The fourth-order valence-electron chi connectivity index (χ4n) is 2.08. The first-order chi connectivity index (χ1) is 9.90. The maximum absolute atomic E-state index is 12.3. The fourth-order valence-corrected chi connectivity index (χ4v) is 2.08. The number of phenolic OH excluding ortho intramolecular Hbond substituents is 2. The van der Waals surface area contributed by atoms with Crippen LogP contribution in [0.1, 0.15) is 21.5 Å². The third-order valence-corrected chi connectivity index (χ3v) is 3.12. The van der Waals surface area contributed by atoms with Crippen molar-refractivity contribution in [3.05, 3.63) is 63.2 Å². The average Bonchev–Trinajstić information content (AvgIpc) is 2.43. The first-order valence-electron chi connectivity index (χ1n) is 6.18. The van der Waals surface area contributed by atoms with Gasteiger partial charge in [-0.1, -0.05) is 12.1 Å². The van der Waals surface area contributed by atoms with Crippen LogP contribution in [0.25, 0.3) is 0 Å². The van der Waals surface area contributed by atoms with Crippen LogP contribution in [-0.2, 0) is 6.42 Å². The number of phenols is 2. The zero-order valence-corrected chi connectivity index (χ0v) is 11.2. The number of rotatable bonds is 4. The Morgan fingerprint density at radius 2 is 1.76 bits per heavy atom. The molecule has 0 aromatic heterocycles. The highest BCUT2D eigenvalue weighted by atomic mass is 16.6. The normalized spacial score (nSPS) is 10.3. The summed E-state index contributed by atoms with van der Waals surface area (Å²) < 4.78 is 0. The fraction of sp³-hybridized carbons (Fsp3) is 0.133. The number of Topliss-reactive ketones (excluding diaryl/α,β-unsaturated/α-hetero) is 1. The lowest BCUT2D eigenvalue weighted by Crippen LogP contribution is -2.08. The summed E-state index contributed by atoms with van der Waals surface area (Å²) in [4.78, 5) is 22.7. The van der Waals surface area contributed by atoms with Crippen LogP contribution in [0.3, 0.4) is 0 Å². The van der Waals surface area contributed by atoms with E-state index in [9.17, 15) is 25.1 Å². The standard InChI is InChI=1S/C15H13NO5/c1-9-2-7-12(18)14(15(9)16(20)21)13(19)8-10-3-5-11(17)6-4-10/h2-7,17-18H,8H2,1H3. The van der Waals surface area contributed by atoms with Crippen LogP contribution >= 0.6 is 0 Å². The summed E-state index contributed by atoms with van der Waals surface area (Å²) in [7, 11) is 0. The molecule has 6 heteroatoms. The smallest absolute Gasteiger partial charge is 0.286 e. The predicted octanol–water partition coefficient (Wildman–Crippen LogP) is 2.74. The van der Waals surface area contributed by atoms with Crippen molar-refractivity contribution in [2.45, 2.75) is 13.3 Å². The van der Waals surface area contributed by atoms with Gasteiger partial charge in [0.2, 0.25) is 0 Å². The van der Waals surface area contributed by atoms with E-state index in [0.717, 1.165) is 0 Å². The number of ketones is 1. The number of nitro groups is 1. The third kappa shape index (κ3) is 3.00. The molecular formula is C15H13NO5. The second-order valence-electron chi connectivity index (χ2n) is 4.65. The maximum Gasteiger partial charge on any atom is 0.286 e. The van der Waals surface area contributed by atoms with Gasteiger partial charge in [0.1, 0.15) is 17.1 Å². The van der Waals surface area contributed by atoms with E-state index in [1.807, 2.05) is 0 Å². The number of hydrogen-bond donors (Lipinski definition) is 2. The van der Waals surface area contributed by atoms with Gasteiger partial charge in [-0.3, -0.25) is 14.9 Å². The molecule has 0 atom stereocenters. The number of nitrogens with zero attached hydrogens (tertiary/aromatic N) is 1. The van der Waals surface area contributed by atoms with Crippen molar-refractivity contribution < 1.29 is 19.9 Å². The highest BCUT2D eigenvalue weighted by Crippen LogP contribution is 2.32. The molecule has 0 fully saturated rings. The molecule has 0 aliphatic rings. The summed E-state index contributed by atoms with van der Waals surface area (Å²) in [6.45, 7) is 1.51. The van der Waals surface area contributed by atoms with E-state index in [1.54, 1.807) is 12.1 Å². The van der Waals surface area contributed by atoms with Crippen LogP contribution in [0.2, 0.25) is 0 Å². The largest absolute Gasteiger partial charge is 0.508 e. The van der Waals surface area contributed by atoms with Gasteiger partial charge in [0.05, 0.1) is 4.92 Å². The second-order valence-corrected chi connectivity index (χ2v) is 4.65. The minimum Gasteiger partial charge on any atom is -0.508 e. The zero-order valence-electron chi connectivity index (χ0n) is 11.2. The summed E-state index contributed by atoms with van der Waals surface area (Å²) >= 11 is 0. The zero-order chi connectivity index (χ0) is 15.6. The molecule has 2 aromatic rings. The summed E-state index contributed by atoms with van der Waals surface area (Å²) in [6.07, 6.45) is -0.0991. The van der Waals surface area contributed by atoms with Gasteiger partial charge in [-0.2, -0.15) is 0 Å². The van der Waals surface area contributed by atoms with Gasteiger partial charge in [0, 0.05) is 12.0 Å². The molecule has 0 aliphatic carbocycles. The quantitative estimate of drug-likeness (QED) is 0.511. The van der Waals surface area contributed by atoms with E-state index in [-0.39, 0.29) is 23.4 Å². The van der Waals surface area contributed by atoms with Gasteiger partial charge < -0.3 is 10.2 Å². The number of carbonyl (C=O) groups is 1. The number of benzene rings is 2. The highest BCUT2D eigenvalue weighted by molar-refractivity contribution is 6.04. The van der Waals surface area contributed by atoms with Gasteiger partial charge in [-0.25, -0.2) is 0 Å². The van der Waals surface area contributed by atoms with E-state index >= 15 is 0 Å². The van der Waals surface area contributed by atoms with Crippen molar-refractivity contribution in [3.63, 3.8) is 0 Å². The summed E-state index contributed by atoms with van der Waals surface area (Å²) in [6, 6.07) is 8.61. The molecule has 0 aliphatic heterocycles. The van der Waals surface area contributed by atoms with Crippen LogP contribution < -0.4 is 0 Å². The van der Waals surface area contributed by atoms with Crippen LogP contribution in [0, 0.1) is 17.0 Å². The minimum absolute atomic E-state index is 0.0654. The van der Waals surface area contributed by atoms with Gasteiger partial charge >= 0.3 is 0 Å². The molecule has 0 unspecified atom stereocenters. The molecule has 0 spiro atoms. The van der Waals surface area contributed by atoms with E-state index < -0.39 is 16.5 Å². The first kappa shape index (κ1) is 14.5. The molecule has 0 amide bonds. The molecule has 0 radical (unpaired) electrons. The summed E-state index contributed by atoms with van der Waals surface area (Å²) in [5.74, 6) is -0.889. The van der Waals surface area contributed by atoms with Gasteiger partial charge in [-0.15, -0.1) is 0 Å². The molecule has 0 bridgehead atoms. The van der Waals surface area contributed by atoms with Crippen molar-refractivity contribution >= 4 is 11.5 Å². The Morgan fingerprint density at radius 1 is 1.14 bits per heavy atom. The van der Waals surface area contributed by atoms with Crippen LogP contribution in [0.4, 0.5) is 5.69 Å². The van der Waals surface area contributed by atoms with E-state index in [2.05, 4.69) is 0 Å². The van der Waals surface area contributed by atoms with Crippen LogP contribution in [-0.4, -0.2) is 20.9 Å². The summed E-state index contributed by atoms with van der Waals surface area (Å²) in [5.41, 5.74) is 0.242. The lowest BCUT2D eigenvalue weighted by Gasteiger charge is -2.07. The van der Waals surface area contributed by atoms with Crippen LogP contribution in [0.5, 0.6) is 11.5 Å².